The van der Waals surface area contributed by atoms with E-state index in [1.165, 1.54) is 0 Å². The van der Waals surface area contributed by atoms with Crippen LogP contribution in [0, 0.1) is 0 Å². The van der Waals surface area contributed by atoms with Crippen LogP contribution >= 0.6 is 0 Å². The largest absolute Gasteiger partial charge is 0.497 e. The molecule has 2 aromatic heterocycles. The fraction of sp³-hybridized carbons (Fsp3) is 0.286. The third kappa shape index (κ3) is 4.23. The lowest BCUT2D eigenvalue weighted by molar-refractivity contribution is 0.240. The Morgan fingerprint density at radius 2 is 1.93 bits per heavy atom. The van der Waals surface area contributed by atoms with E-state index in [9.17, 15) is 0 Å². The van der Waals surface area contributed by atoms with Gasteiger partial charge >= 0.3 is 0 Å². The van der Waals surface area contributed by atoms with Crippen LogP contribution < -0.4 is 9.47 Å². The lowest BCUT2D eigenvalue weighted by Gasteiger charge is -2.23. The van der Waals surface area contributed by atoms with Crippen molar-refractivity contribution in [1.82, 2.24) is 19.9 Å². The van der Waals surface area contributed by atoms with Gasteiger partial charge in [0.05, 0.1) is 36.9 Å². The van der Waals surface area contributed by atoms with Gasteiger partial charge in [-0.1, -0.05) is 6.07 Å². The molecule has 1 aliphatic heterocycles. The molecule has 27 heavy (non-hydrogen) atoms. The first-order chi connectivity index (χ1) is 13.3. The summed E-state index contributed by atoms with van der Waals surface area (Å²) in [7, 11) is 1.64. The van der Waals surface area contributed by atoms with Crippen LogP contribution in [0.1, 0.15) is 30.3 Å². The molecule has 1 fully saturated rings. The normalized spacial score (nSPS) is 17.0. The molecule has 0 N–H and O–H groups in total. The topological polar surface area (TPSA) is 60.4 Å². The fourth-order valence-electron chi connectivity index (χ4n) is 3.39. The van der Waals surface area contributed by atoms with Crippen molar-refractivity contribution in [3.63, 3.8) is 0 Å². The summed E-state index contributed by atoms with van der Waals surface area (Å²) < 4.78 is 11.0. The van der Waals surface area contributed by atoms with Crippen LogP contribution in [0.2, 0.25) is 0 Å². The summed E-state index contributed by atoms with van der Waals surface area (Å²) in [4.78, 5) is 15.9. The first-order valence-electron chi connectivity index (χ1n) is 9.09. The minimum absolute atomic E-state index is 0.235. The molecule has 6 heteroatoms. The Hall–Kier alpha value is -2.99. The molecule has 0 bridgehead atoms. The molecular weight excluding hydrogens is 340 g/mol. The molecule has 4 rings (SSSR count). The van der Waals surface area contributed by atoms with Gasteiger partial charge < -0.3 is 9.47 Å². The molecule has 1 aromatic carbocycles. The van der Waals surface area contributed by atoms with E-state index in [1.54, 1.807) is 13.3 Å². The number of benzene rings is 1. The Morgan fingerprint density at radius 1 is 1.07 bits per heavy atom. The summed E-state index contributed by atoms with van der Waals surface area (Å²) in [6, 6.07) is 13.7. The van der Waals surface area contributed by atoms with Gasteiger partial charge in [-0.3, -0.25) is 14.9 Å². The summed E-state index contributed by atoms with van der Waals surface area (Å²) in [6.07, 6.45) is 7.52. The van der Waals surface area contributed by atoms with Gasteiger partial charge in [-0.2, -0.15) is 0 Å². The van der Waals surface area contributed by atoms with Crippen LogP contribution in [0.15, 0.2) is 61.1 Å². The van der Waals surface area contributed by atoms with E-state index in [1.807, 2.05) is 48.8 Å². The molecule has 0 spiro atoms. The van der Waals surface area contributed by atoms with Crippen molar-refractivity contribution in [2.75, 3.05) is 13.7 Å². The SMILES string of the molecule is COc1ccc(Oc2cncc([C@@H]3CCCN3Cc3ccccn3)n2)cc1. The van der Waals surface area contributed by atoms with Crippen molar-refractivity contribution >= 4 is 0 Å². The second-order valence-electron chi connectivity index (χ2n) is 6.51. The van der Waals surface area contributed by atoms with Gasteiger partial charge in [0.2, 0.25) is 5.88 Å². The molecule has 0 saturated carbocycles. The lowest BCUT2D eigenvalue weighted by Crippen LogP contribution is -2.24. The van der Waals surface area contributed by atoms with Gasteiger partial charge in [0.1, 0.15) is 11.5 Å². The van der Waals surface area contributed by atoms with E-state index in [0.29, 0.717) is 11.6 Å². The Kier molecular flexibility index (Phi) is 5.25. The van der Waals surface area contributed by atoms with Crippen LogP contribution in [-0.4, -0.2) is 33.5 Å². The minimum Gasteiger partial charge on any atom is -0.497 e. The van der Waals surface area contributed by atoms with Crippen molar-refractivity contribution in [3.05, 3.63) is 72.4 Å². The second kappa shape index (κ2) is 8.14. The van der Waals surface area contributed by atoms with Gasteiger partial charge in [0, 0.05) is 12.7 Å². The van der Waals surface area contributed by atoms with Crippen molar-refractivity contribution in [2.24, 2.45) is 0 Å². The maximum absolute atomic E-state index is 5.87. The summed E-state index contributed by atoms with van der Waals surface area (Å²) in [5, 5.41) is 0. The third-order valence-corrected chi connectivity index (χ3v) is 4.71. The van der Waals surface area contributed by atoms with Gasteiger partial charge in [0.15, 0.2) is 0 Å². The number of aromatic nitrogens is 3. The number of ether oxygens (including phenoxy) is 2. The van der Waals surface area contributed by atoms with Gasteiger partial charge in [-0.15, -0.1) is 0 Å². The number of rotatable bonds is 6. The predicted molar refractivity (Wildman–Crippen MR) is 102 cm³/mol. The first-order valence-corrected chi connectivity index (χ1v) is 9.09. The van der Waals surface area contributed by atoms with E-state index >= 15 is 0 Å². The van der Waals surface area contributed by atoms with Crippen LogP contribution in [0.3, 0.4) is 0 Å². The van der Waals surface area contributed by atoms with E-state index < -0.39 is 0 Å². The predicted octanol–water partition coefficient (Wildman–Crippen LogP) is 4.01. The van der Waals surface area contributed by atoms with E-state index in [0.717, 1.165) is 43.1 Å². The summed E-state index contributed by atoms with van der Waals surface area (Å²) in [6.45, 7) is 1.85. The Morgan fingerprint density at radius 3 is 2.70 bits per heavy atom. The van der Waals surface area contributed by atoms with Gasteiger partial charge in [-0.25, -0.2) is 4.98 Å². The highest BCUT2D eigenvalue weighted by Gasteiger charge is 2.28. The Labute approximate surface area is 158 Å². The van der Waals surface area contributed by atoms with Crippen molar-refractivity contribution in [1.29, 1.82) is 0 Å². The summed E-state index contributed by atoms with van der Waals surface area (Å²) >= 11 is 0. The van der Waals surface area contributed by atoms with Gasteiger partial charge in [-0.05, 0) is 55.8 Å². The molecule has 3 aromatic rings. The average Bonchev–Trinajstić information content (AvgIpc) is 3.18. The smallest absolute Gasteiger partial charge is 0.238 e. The van der Waals surface area contributed by atoms with E-state index in [4.69, 9.17) is 14.5 Å². The maximum Gasteiger partial charge on any atom is 0.238 e. The van der Waals surface area contributed by atoms with Crippen LogP contribution in [-0.2, 0) is 6.54 Å². The molecule has 3 heterocycles. The van der Waals surface area contributed by atoms with E-state index in [-0.39, 0.29) is 6.04 Å². The molecule has 0 amide bonds. The maximum atomic E-state index is 5.87. The average molecular weight is 362 g/mol. The first kappa shape index (κ1) is 17.4. The highest BCUT2D eigenvalue weighted by Crippen LogP contribution is 2.32. The quantitative estimate of drug-likeness (QED) is 0.660. The summed E-state index contributed by atoms with van der Waals surface area (Å²) in [5.41, 5.74) is 2.01. The fourth-order valence-corrected chi connectivity index (χ4v) is 3.39. The lowest BCUT2D eigenvalue weighted by atomic mass is 10.1. The molecule has 0 aliphatic carbocycles. The zero-order valence-electron chi connectivity index (χ0n) is 15.3. The van der Waals surface area contributed by atoms with Gasteiger partial charge in [0.25, 0.3) is 0 Å². The number of hydrogen-bond donors (Lipinski definition) is 0. The molecule has 1 saturated heterocycles. The Bertz CT molecular complexity index is 871. The minimum atomic E-state index is 0.235. The highest BCUT2D eigenvalue weighted by atomic mass is 16.5. The van der Waals surface area contributed by atoms with E-state index in [2.05, 4.69) is 20.9 Å². The molecular formula is C21H22N4O2. The second-order valence-corrected chi connectivity index (χ2v) is 6.51. The monoisotopic (exact) mass is 362 g/mol. The zero-order chi connectivity index (χ0) is 18.5. The summed E-state index contributed by atoms with van der Waals surface area (Å²) in [5.74, 6) is 2.00. The van der Waals surface area contributed by atoms with Crippen molar-refractivity contribution in [3.8, 4) is 17.4 Å². The third-order valence-electron chi connectivity index (χ3n) is 4.71. The highest BCUT2D eigenvalue weighted by molar-refractivity contribution is 5.33. The number of methoxy groups -OCH3 is 1. The molecule has 1 aliphatic rings. The van der Waals surface area contributed by atoms with Crippen LogP contribution in [0.25, 0.3) is 0 Å². The molecule has 1 atom stereocenters. The Balaban J connectivity index is 1.49. The molecule has 138 valence electrons. The standard InChI is InChI=1S/C21H22N4O2/c1-26-17-7-9-18(10-8-17)27-21-14-22-13-19(24-21)20-6-4-12-25(20)15-16-5-2-3-11-23-16/h2-3,5,7-11,13-14,20H,4,6,12,15H2,1H3/t20-/m0/s1. The van der Waals surface area contributed by atoms with Crippen molar-refractivity contribution in [2.45, 2.75) is 25.4 Å². The molecule has 0 unspecified atom stereocenters. The van der Waals surface area contributed by atoms with Crippen LogP contribution in [0.5, 0.6) is 17.4 Å². The number of nitrogens with zero attached hydrogens (tertiary/aromatic N) is 4. The number of pyridine rings is 1. The zero-order valence-corrected chi connectivity index (χ0v) is 15.3. The van der Waals surface area contributed by atoms with Crippen LogP contribution in [0.4, 0.5) is 0 Å². The number of hydrogen-bond acceptors (Lipinski definition) is 6. The number of likely N-dealkylation sites (tertiary alicyclic amines) is 1. The molecule has 0 radical (unpaired) electrons. The molecule has 6 nitrogen and oxygen atoms in total. The van der Waals surface area contributed by atoms with Crippen molar-refractivity contribution < 1.29 is 9.47 Å².